The summed E-state index contributed by atoms with van der Waals surface area (Å²) in [7, 11) is 0. The number of anilines is 1. The van der Waals surface area contributed by atoms with Crippen molar-refractivity contribution < 1.29 is 14.2 Å². The van der Waals surface area contributed by atoms with E-state index in [2.05, 4.69) is 14.6 Å². The minimum atomic E-state index is -0.263. The number of aliphatic hydroxyl groups is 1. The van der Waals surface area contributed by atoms with Crippen LogP contribution in [0.4, 0.5) is 15.8 Å². The topological polar surface area (TPSA) is 40.3 Å². The summed E-state index contributed by atoms with van der Waals surface area (Å²) in [6.45, 7) is 10.4. The zero-order valence-electron chi connectivity index (χ0n) is 18.1. The Morgan fingerprint density at radius 1 is 1.06 bits per heavy atom. The molecule has 0 saturated carbocycles. The molecule has 5 nitrogen and oxygen atoms in total. The summed E-state index contributed by atoms with van der Waals surface area (Å²) < 4.78 is 19.1. The van der Waals surface area contributed by atoms with Gasteiger partial charge in [-0.3, -0.25) is 4.90 Å². The van der Waals surface area contributed by atoms with Gasteiger partial charge in [-0.1, -0.05) is 48.0 Å². The fourth-order valence-corrected chi connectivity index (χ4v) is 4.43. The van der Waals surface area contributed by atoms with Crippen molar-refractivity contribution in [3.05, 3.63) is 100 Å². The van der Waals surface area contributed by atoms with Gasteiger partial charge in [0.1, 0.15) is 18.2 Å². The van der Waals surface area contributed by atoms with Crippen molar-refractivity contribution in [2.75, 3.05) is 37.7 Å². The average molecular weight is 466 g/mol. The molecule has 0 aliphatic carbocycles. The number of aliphatic hydroxyl groups excluding tert-OH is 1. The normalized spacial score (nSPS) is 16.4. The van der Waals surface area contributed by atoms with Crippen LogP contribution in [0.1, 0.15) is 17.2 Å². The summed E-state index contributed by atoms with van der Waals surface area (Å²) >= 11 is 6.63. The second-order valence-corrected chi connectivity index (χ2v) is 8.37. The van der Waals surface area contributed by atoms with Crippen LogP contribution in [0.2, 0.25) is 5.02 Å². The first-order valence-electron chi connectivity index (χ1n) is 10.8. The molecule has 3 aromatic carbocycles. The van der Waals surface area contributed by atoms with Crippen molar-refractivity contribution in [2.24, 2.45) is 0 Å². The number of ether oxygens (including phenoxy) is 1. The number of benzene rings is 3. The third-order valence-corrected chi connectivity index (χ3v) is 6.08. The van der Waals surface area contributed by atoms with E-state index in [9.17, 15) is 4.39 Å². The van der Waals surface area contributed by atoms with E-state index in [0.29, 0.717) is 16.5 Å². The molecule has 1 heterocycles. The molecule has 1 saturated heterocycles. The maximum Gasteiger partial charge on any atom is 0.187 e. The summed E-state index contributed by atoms with van der Waals surface area (Å²) in [4.78, 5) is 8.08. The van der Waals surface area contributed by atoms with Gasteiger partial charge in [0.05, 0.1) is 29.9 Å². The van der Waals surface area contributed by atoms with Crippen molar-refractivity contribution >= 4 is 23.0 Å². The Kier molecular flexibility index (Phi) is 7.46. The number of rotatable bonds is 7. The van der Waals surface area contributed by atoms with E-state index >= 15 is 0 Å². The first-order chi connectivity index (χ1) is 16.1. The Labute approximate surface area is 198 Å². The SMILES string of the molecule is [C-]#[N+]c1ccc(CN2CCN(c3ccc(OCCO)cc3Cl)[C@H](c3ccc(F)cc3)C2)cc1. The molecular formula is C26H25ClFN3O2. The zero-order chi connectivity index (χ0) is 23.2. The standard InChI is InChI=1S/C26H25ClFN3O2/c1-29-22-8-2-19(3-9-22)17-30-12-13-31(26(18-30)20-4-6-21(28)7-5-20)25-11-10-23(16-24(25)27)33-15-14-32/h2-11,16,26,32H,12-15,17-18H2/t26-/m0/s1. The van der Waals surface area contributed by atoms with Gasteiger partial charge in [0.25, 0.3) is 0 Å². The molecule has 0 spiro atoms. The molecule has 3 aromatic rings. The minimum Gasteiger partial charge on any atom is -0.491 e. The van der Waals surface area contributed by atoms with Gasteiger partial charge < -0.3 is 14.7 Å². The fourth-order valence-electron chi connectivity index (χ4n) is 4.15. The smallest absolute Gasteiger partial charge is 0.187 e. The van der Waals surface area contributed by atoms with Gasteiger partial charge in [-0.15, -0.1) is 0 Å². The second kappa shape index (κ2) is 10.7. The molecule has 0 bridgehead atoms. The van der Waals surface area contributed by atoms with Crippen LogP contribution in [0.25, 0.3) is 4.85 Å². The minimum absolute atomic E-state index is 0.0106. The number of hydrogen-bond acceptors (Lipinski definition) is 4. The van der Waals surface area contributed by atoms with E-state index < -0.39 is 0 Å². The molecule has 0 amide bonds. The molecule has 1 aliphatic rings. The Hall–Kier alpha value is -3.11. The van der Waals surface area contributed by atoms with Crippen molar-refractivity contribution in [1.82, 2.24) is 4.90 Å². The predicted octanol–water partition coefficient (Wildman–Crippen LogP) is 5.46. The van der Waals surface area contributed by atoms with Gasteiger partial charge in [0.2, 0.25) is 0 Å². The van der Waals surface area contributed by atoms with Gasteiger partial charge in [-0.2, -0.15) is 0 Å². The second-order valence-electron chi connectivity index (χ2n) is 7.96. The molecular weight excluding hydrogens is 441 g/mol. The van der Waals surface area contributed by atoms with E-state index in [1.54, 1.807) is 6.07 Å². The molecule has 0 radical (unpaired) electrons. The van der Waals surface area contributed by atoms with Crippen LogP contribution in [0, 0.1) is 12.4 Å². The number of piperazine rings is 1. The maximum absolute atomic E-state index is 13.6. The zero-order valence-corrected chi connectivity index (χ0v) is 18.9. The first-order valence-corrected chi connectivity index (χ1v) is 11.2. The first kappa shape index (κ1) is 23.1. The highest BCUT2D eigenvalue weighted by molar-refractivity contribution is 6.33. The Balaban J connectivity index is 1.58. The highest BCUT2D eigenvalue weighted by Crippen LogP contribution is 2.37. The van der Waals surface area contributed by atoms with Crippen LogP contribution in [0.15, 0.2) is 66.7 Å². The van der Waals surface area contributed by atoms with Crippen LogP contribution < -0.4 is 9.64 Å². The van der Waals surface area contributed by atoms with E-state index in [1.165, 1.54) is 12.1 Å². The van der Waals surface area contributed by atoms with Crippen molar-refractivity contribution in [1.29, 1.82) is 0 Å². The maximum atomic E-state index is 13.6. The molecule has 7 heteroatoms. The lowest BCUT2D eigenvalue weighted by molar-refractivity contribution is 0.201. The summed E-state index contributed by atoms with van der Waals surface area (Å²) in [6, 6.07) is 19.8. The van der Waals surface area contributed by atoms with Gasteiger partial charge in [0.15, 0.2) is 5.69 Å². The molecule has 1 atom stereocenters. The summed E-state index contributed by atoms with van der Waals surface area (Å²) in [5.41, 5.74) is 3.69. The third-order valence-electron chi connectivity index (χ3n) is 5.78. The summed E-state index contributed by atoms with van der Waals surface area (Å²) in [5, 5.41) is 9.55. The summed E-state index contributed by atoms with van der Waals surface area (Å²) in [5.74, 6) is 0.346. The molecule has 1 N–H and O–H groups in total. The number of halogens is 2. The molecule has 1 fully saturated rings. The fraction of sp³-hybridized carbons (Fsp3) is 0.269. The highest BCUT2D eigenvalue weighted by Gasteiger charge is 2.30. The van der Waals surface area contributed by atoms with Crippen molar-refractivity contribution in [2.45, 2.75) is 12.6 Å². The van der Waals surface area contributed by atoms with Gasteiger partial charge in [0, 0.05) is 32.2 Å². The van der Waals surface area contributed by atoms with Gasteiger partial charge >= 0.3 is 0 Å². The van der Waals surface area contributed by atoms with E-state index in [-0.39, 0.29) is 25.1 Å². The van der Waals surface area contributed by atoms with Crippen molar-refractivity contribution in [3.63, 3.8) is 0 Å². The van der Waals surface area contributed by atoms with Crippen LogP contribution >= 0.6 is 11.6 Å². The largest absolute Gasteiger partial charge is 0.491 e. The number of hydrogen-bond donors (Lipinski definition) is 1. The molecule has 4 rings (SSSR count). The number of nitrogens with zero attached hydrogens (tertiary/aromatic N) is 3. The molecule has 0 aromatic heterocycles. The average Bonchev–Trinajstić information content (AvgIpc) is 2.84. The van der Waals surface area contributed by atoms with E-state index in [1.807, 2.05) is 48.5 Å². The highest BCUT2D eigenvalue weighted by atomic mass is 35.5. The van der Waals surface area contributed by atoms with Crippen LogP contribution in [0.3, 0.4) is 0 Å². The molecule has 170 valence electrons. The van der Waals surface area contributed by atoms with E-state index in [4.69, 9.17) is 28.0 Å². The monoisotopic (exact) mass is 465 g/mol. The van der Waals surface area contributed by atoms with Gasteiger partial charge in [-0.25, -0.2) is 9.24 Å². The Bertz CT molecular complexity index is 1120. The van der Waals surface area contributed by atoms with Crippen LogP contribution in [0.5, 0.6) is 5.75 Å². The van der Waals surface area contributed by atoms with Gasteiger partial charge in [-0.05, 0) is 35.4 Å². The quantitative estimate of drug-likeness (QED) is 0.470. The Morgan fingerprint density at radius 3 is 2.48 bits per heavy atom. The molecule has 1 aliphatic heterocycles. The van der Waals surface area contributed by atoms with Crippen LogP contribution in [-0.4, -0.2) is 42.9 Å². The molecule has 0 unspecified atom stereocenters. The van der Waals surface area contributed by atoms with Crippen molar-refractivity contribution in [3.8, 4) is 5.75 Å². The lowest BCUT2D eigenvalue weighted by atomic mass is 10.0. The Morgan fingerprint density at radius 2 is 1.82 bits per heavy atom. The predicted molar refractivity (Wildman–Crippen MR) is 129 cm³/mol. The van der Waals surface area contributed by atoms with Crippen LogP contribution in [-0.2, 0) is 6.54 Å². The van der Waals surface area contributed by atoms with E-state index in [0.717, 1.165) is 43.0 Å². The third kappa shape index (κ3) is 5.63. The lowest BCUT2D eigenvalue weighted by Gasteiger charge is -2.43. The summed E-state index contributed by atoms with van der Waals surface area (Å²) in [6.07, 6.45) is 0. The lowest BCUT2D eigenvalue weighted by Crippen LogP contribution is -2.48. The molecule has 33 heavy (non-hydrogen) atoms.